The minimum absolute atomic E-state index is 0.00445. The molecule has 0 unspecified atom stereocenters. The number of piperidine rings is 1. The molecule has 6 heteroatoms. The molecule has 19 heavy (non-hydrogen) atoms. The molecule has 1 aromatic rings. The molecular formula is C13H16ClF3N2. The molecule has 1 fully saturated rings. The van der Waals surface area contributed by atoms with E-state index in [-0.39, 0.29) is 10.7 Å². The average molecular weight is 293 g/mol. The van der Waals surface area contributed by atoms with Gasteiger partial charge in [0.15, 0.2) is 0 Å². The van der Waals surface area contributed by atoms with E-state index in [1.165, 1.54) is 12.1 Å². The Morgan fingerprint density at radius 2 is 1.95 bits per heavy atom. The molecule has 0 radical (unpaired) electrons. The molecule has 2 N–H and O–H groups in total. The standard InChI is InChI=1S/C13H16ClF3N2/c14-11-3-1-2-10(13(15,16)17)12(11)19-8-9-4-6-18-7-5-9/h1-3,9,18-19H,4-8H2. The molecule has 2 nitrogen and oxygen atoms in total. The lowest BCUT2D eigenvalue weighted by Crippen LogP contribution is -2.31. The van der Waals surface area contributed by atoms with Gasteiger partial charge in [-0.15, -0.1) is 0 Å². The van der Waals surface area contributed by atoms with Crippen LogP contribution < -0.4 is 10.6 Å². The number of alkyl halides is 3. The lowest BCUT2D eigenvalue weighted by Gasteiger charge is -2.24. The van der Waals surface area contributed by atoms with E-state index in [9.17, 15) is 13.2 Å². The third-order valence-corrected chi connectivity index (χ3v) is 3.66. The van der Waals surface area contributed by atoms with Gasteiger partial charge in [0.1, 0.15) is 0 Å². The fourth-order valence-corrected chi connectivity index (χ4v) is 2.51. The molecule has 0 aliphatic carbocycles. The van der Waals surface area contributed by atoms with Crippen molar-refractivity contribution in [1.29, 1.82) is 0 Å². The van der Waals surface area contributed by atoms with E-state index < -0.39 is 11.7 Å². The number of para-hydroxylation sites is 1. The van der Waals surface area contributed by atoms with Gasteiger partial charge in [-0.05, 0) is 44.0 Å². The Kier molecular flexibility index (Phi) is 4.58. The summed E-state index contributed by atoms with van der Waals surface area (Å²) < 4.78 is 38.7. The first kappa shape index (κ1) is 14.5. The van der Waals surface area contributed by atoms with Gasteiger partial charge in [-0.1, -0.05) is 17.7 Å². The molecule has 1 aliphatic heterocycles. The highest BCUT2D eigenvalue weighted by Gasteiger charge is 2.34. The second-order valence-corrected chi connectivity index (χ2v) is 5.14. The van der Waals surface area contributed by atoms with Crippen molar-refractivity contribution in [2.75, 3.05) is 25.0 Å². The van der Waals surface area contributed by atoms with E-state index in [4.69, 9.17) is 11.6 Å². The van der Waals surface area contributed by atoms with E-state index in [0.29, 0.717) is 12.5 Å². The maximum atomic E-state index is 12.9. The Bertz CT molecular complexity index is 428. The van der Waals surface area contributed by atoms with Crippen LogP contribution >= 0.6 is 11.6 Å². The molecule has 106 valence electrons. The lowest BCUT2D eigenvalue weighted by atomic mass is 9.98. The summed E-state index contributed by atoms with van der Waals surface area (Å²) in [6.07, 6.45) is -2.45. The largest absolute Gasteiger partial charge is 0.418 e. The van der Waals surface area contributed by atoms with E-state index in [1.807, 2.05) is 0 Å². The smallest absolute Gasteiger partial charge is 0.383 e. The van der Waals surface area contributed by atoms with Crippen LogP contribution in [0.5, 0.6) is 0 Å². The van der Waals surface area contributed by atoms with E-state index in [2.05, 4.69) is 10.6 Å². The topological polar surface area (TPSA) is 24.1 Å². The van der Waals surface area contributed by atoms with Crippen LogP contribution in [0.1, 0.15) is 18.4 Å². The monoisotopic (exact) mass is 292 g/mol. The zero-order chi connectivity index (χ0) is 13.9. The van der Waals surface area contributed by atoms with Crippen LogP contribution in [0.2, 0.25) is 5.02 Å². The van der Waals surface area contributed by atoms with Crippen molar-refractivity contribution in [3.05, 3.63) is 28.8 Å². The second kappa shape index (κ2) is 6.01. The van der Waals surface area contributed by atoms with Crippen molar-refractivity contribution in [3.8, 4) is 0 Å². The van der Waals surface area contributed by atoms with Crippen molar-refractivity contribution < 1.29 is 13.2 Å². The van der Waals surface area contributed by atoms with Crippen molar-refractivity contribution in [2.24, 2.45) is 5.92 Å². The van der Waals surface area contributed by atoms with Gasteiger partial charge in [0.05, 0.1) is 16.3 Å². The van der Waals surface area contributed by atoms with Crippen LogP contribution in [0.3, 0.4) is 0 Å². The van der Waals surface area contributed by atoms with Gasteiger partial charge in [0.25, 0.3) is 0 Å². The van der Waals surface area contributed by atoms with Crippen LogP contribution in [0.4, 0.5) is 18.9 Å². The number of rotatable bonds is 3. The highest BCUT2D eigenvalue weighted by Crippen LogP contribution is 2.38. The fraction of sp³-hybridized carbons (Fsp3) is 0.538. The highest BCUT2D eigenvalue weighted by molar-refractivity contribution is 6.33. The highest BCUT2D eigenvalue weighted by atomic mass is 35.5. The van der Waals surface area contributed by atoms with Crippen molar-refractivity contribution in [2.45, 2.75) is 19.0 Å². The van der Waals surface area contributed by atoms with Crippen LogP contribution in [0, 0.1) is 5.92 Å². The minimum Gasteiger partial charge on any atom is -0.383 e. The molecule has 0 amide bonds. The van der Waals surface area contributed by atoms with Crippen LogP contribution in [-0.2, 0) is 6.18 Å². The van der Waals surface area contributed by atoms with Gasteiger partial charge < -0.3 is 10.6 Å². The Labute approximate surface area is 115 Å². The Hall–Kier alpha value is -0.940. The van der Waals surface area contributed by atoms with E-state index in [0.717, 1.165) is 32.0 Å². The summed E-state index contributed by atoms with van der Waals surface area (Å²) in [7, 11) is 0. The van der Waals surface area contributed by atoms with Gasteiger partial charge in [-0.2, -0.15) is 13.2 Å². The quantitative estimate of drug-likeness (QED) is 0.886. The van der Waals surface area contributed by atoms with Crippen molar-refractivity contribution in [3.63, 3.8) is 0 Å². The fourth-order valence-electron chi connectivity index (χ4n) is 2.27. The van der Waals surface area contributed by atoms with E-state index in [1.54, 1.807) is 0 Å². The SMILES string of the molecule is FC(F)(F)c1cccc(Cl)c1NCC1CCNCC1. The molecule has 0 saturated carbocycles. The lowest BCUT2D eigenvalue weighted by molar-refractivity contribution is -0.136. The summed E-state index contributed by atoms with van der Waals surface area (Å²) in [4.78, 5) is 0. The molecule has 0 atom stereocenters. The number of halogens is 4. The summed E-state index contributed by atoms with van der Waals surface area (Å²) >= 11 is 5.88. The molecule has 1 heterocycles. The number of hydrogen-bond acceptors (Lipinski definition) is 2. The Balaban J connectivity index is 2.10. The average Bonchev–Trinajstić information content (AvgIpc) is 2.37. The number of benzene rings is 1. The first-order chi connectivity index (χ1) is 8.98. The van der Waals surface area contributed by atoms with Gasteiger partial charge in [-0.3, -0.25) is 0 Å². The maximum Gasteiger partial charge on any atom is 0.418 e. The van der Waals surface area contributed by atoms with Crippen molar-refractivity contribution in [1.82, 2.24) is 5.32 Å². The van der Waals surface area contributed by atoms with Gasteiger partial charge in [0, 0.05) is 6.54 Å². The van der Waals surface area contributed by atoms with Crippen LogP contribution in [0.25, 0.3) is 0 Å². The number of nitrogens with one attached hydrogen (secondary N) is 2. The van der Waals surface area contributed by atoms with Gasteiger partial charge >= 0.3 is 6.18 Å². The molecule has 1 saturated heterocycles. The molecule has 1 aromatic carbocycles. The minimum atomic E-state index is -4.39. The van der Waals surface area contributed by atoms with E-state index >= 15 is 0 Å². The first-order valence-electron chi connectivity index (χ1n) is 6.29. The zero-order valence-electron chi connectivity index (χ0n) is 10.4. The van der Waals surface area contributed by atoms with Gasteiger partial charge in [-0.25, -0.2) is 0 Å². The van der Waals surface area contributed by atoms with Crippen LogP contribution in [0.15, 0.2) is 18.2 Å². The predicted molar refractivity (Wildman–Crippen MR) is 70.5 cm³/mol. The summed E-state index contributed by atoms with van der Waals surface area (Å²) in [5, 5.41) is 6.22. The zero-order valence-corrected chi connectivity index (χ0v) is 11.1. The summed E-state index contributed by atoms with van der Waals surface area (Å²) in [6, 6.07) is 3.85. The molecule has 0 spiro atoms. The first-order valence-corrected chi connectivity index (χ1v) is 6.66. The summed E-state index contributed by atoms with van der Waals surface area (Å²) in [5.41, 5.74) is -0.705. The third-order valence-electron chi connectivity index (χ3n) is 3.35. The molecule has 2 rings (SSSR count). The normalized spacial score (nSPS) is 17.5. The second-order valence-electron chi connectivity index (χ2n) is 4.73. The molecule has 1 aliphatic rings. The number of hydrogen-bond donors (Lipinski definition) is 2. The van der Waals surface area contributed by atoms with Crippen LogP contribution in [-0.4, -0.2) is 19.6 Å². The summed E-state index contributed by atoms with van der Waals surface area (Å²) in [5.74, 6) is 0.388. The molecular weight excluding hydrogens is 277 g/mol. The Morgan fingerprint density at radius 1 is 1.26 bits per heavy atom. The summed E-state index contributed by atoms with van der Waals surface area (Å²) in [6.45, 7) is 2.36. The molecule has 0 aromatic heterocycles. The van der Waals surface area contributed by atoms with Crippen molar-refractivity contribution >= 4 is 17.3 Å². The van der Waals surface area contributed by atoms with Gasteiger partial charge in [0.2, 0.25) is 0 Å². The maximum absolute atomic E-state index is 12.9. The predicted octanol–water partition coefficient (Wildman–Crippen LogP) is 3.77. The number of anilines is 1. The third kappa shape index (κ3) is 3.76. The molecule has 0 bridgehead atoms. The Morgan fingerprint density at radius 3 is 2.58 bits per heavy atom.